The van der Waals surface area contributed by atoms with Crippen molar-refractivity contribution in [3.05, 3.63) is 0 Å². The molecule has 38 heavy (non-hydrogen) atoms. The number of esters is 3. The second kappa shape index (κ2) is 34.8. The van der Waals surface area contributed by atoms with Crippen LogP contribution in [0.25, 0.3) is 0 Å². The molecule has 0 heterocycles. The molecule has 0 unspecified atom stereocenters. The molecule has 7 N–H and O–H groups in total. The first kappa shape index (κ1) is 42.8. The van der Waals surface area contributed by atoms with Crippen LogP contribution in [-0.4, -0.2) is 134 Å². The van der Waals surface area contributed by atoms with Gasteiger partial charge in [0, 0.05) is 40.3 Å². The molecular formula is C23H47NO14. The number of rotatable bonds is 17. The lowest BCUT2D eigenvalue weighted by molar-refractivity contribution is -0.163. The van der Waals surface area contributed by atoms with Gasteiger partial charge in [0.05, 0.1) is 46.2 Å². The van der Waals surface area contributed by atoms with Gasteiger partial charge in [-0.2, -0.15) is 0 Å². The van der Waals surface area contributed by atoms with Crippen LogP contribution in [0.3, 0.4) is 0 Å². The van der Waals surface area contributed by atoms with E-state index in [1.807, 2.05) is 0 Å². The van der Waals surface area contributed by atoms with Crippen LogP contribution in [0.2, 0.25) is 0 Å². The fraction of sp³-hybridized carbons (Fsp3) is 0.826. The minimum absolute atomic E-state index is 0.0556. The summed E-state index contributed by atoms with van der Waals surface area (Å²) in [6.07, 6.45) is -0.374. The lowest BCUT2D eigenvalue weighted by atomic mass is 10.2. The second-order valence-corrected chi connectivity index (χ2v) is 7.12. The van der Waals surface area contributed by atoms with Gasteiger partial charge in [-0.25, -0.2) is 0 Å². The first-order valence-electron chi connectivity index (χ1n) is 11.8. The number of Topliss-reactive ketones (excluding diaryl/α,β-unsaturated/α-hetero) is 1. The van der Waals surface area contributed by atoms with Crippen LogP contribution in [0, 0.1) is 0 Å². The average molecular weight is 562 g/mol. The molecule has 0 aromatic carbocycles. The zero-order valence-electron chi connectivity index (χ0n) is 22.8. The number of aliphatic hydroxyl groups excluding tert-OH is 5. The van der Waals surface area contributed by atoms with Gasteiger partial charge < -0.3 is 59.7 Å². The number of ketones is 1. The molecule has 0 aromatic rings. The summed E-state index contributed by atoms with van der Waals surface area (Å²) in [5.74, 6) is -1.32. The molecule has 0 saturated carbocycles. The lowest BCUT2D eigenvalue weighted by Crippen LogP contribution is -2.29. The highest BCUT2D eigenvalue weighted by Crippen LogP contribution is 1.97. The zero-order valence-corrected chi connectivity index (χ0v) is 22.8. The fourth-order valence-corrected chi connectivity index (χ4v) is 1.67. The third-order valence-corrected chi connectivity index (χ3v) is 3.25. The number of hydrogen-bond acceptors (Lipinski definition) is 15. The van der Waals surface area contributed by atoms with E-state index in [1.165, 1.54) is 20.8 Å². The summed E-state index contributed by atoms with van der Waals surface area (Å²) in [5.41, 5.74) is 5.06. The van der Waals surface area contributed by atoms with Crippen LogP contribution in [0.15, 0.2) is 0 Å². The van der Waals surface area contributed by atoms with Crippen molar-refractivity contribution in [1.29, 1.82) is 0 Å². The Hall–Kier alpha value is -2.24. The van der Waals surface area contributed by atoms with E-state index in [-0.39, 0.29) is 45.4 Å². The molecule has 0 saturated heterocycles. The molecule has 0 amide bonds. The Balaban J connectivity index is -0.000000218. The van der Waals surface area contributed by atoms with E-state index in [1.54, 1.807) is 6.92 Å². The fourth-order valence-electron chi connectivity index (χ4n) is 1.67. The summed E-state index contributed by atoms with van der Waals surface area (Å²) in [7, 11) is 0. The van der Waals surface area contributed by atoms with Crippen LogP contribution < -0.4 is 5.73 Å². The van der Waals surface area contributed by atoms with E-state index >= 15 is 0 Å². The summed E-state index contributed by atoms with van der Waals surface area (Å²) in [4.78, 5) is 42.0. The van der Waals surface area contributed by atoms with E-state index in [2.05, 4.69) is 9.47 Å². The molecule has 228 valence electrons. The molecule has 15 heteroatoms. The molecule has 0 aliphatic heterocycles. The number of carbonyl (C=O) groups is 4. The predicted octanol–water partition coefficient (Wildman–Crippen LogP) is -2.31. The van der Waals surface area contributed by atoms with Gasteiger partial charge in [0.1, 0.15) is 25.1 Å². The maximum atomic E-state index is 10.6. The van der Waals surface area contributed by atoms with Crippen molar-refractivity contribution in [3.63, 3.8) is 0 Å². The second-order valence-electron chi connectivity index (χ2n) is 7.12. The normalized spacial score (nSPS) is 9.68. The Kier molecular flexibility index (Phi) is 39.2. The summed E-state index contributed by atoms with van der Waals surface area (Å²) < 4.78 is 23.7. The Morgan fingerprint density at radius 2 is 1.16 bits per heavy atom. The topological polar surface area (TPSA) is 242 Å². The van der Waals surface area contributed by atoms with E-state index < -0.39 is 30.1 Å². The van der Waals surface area contributed by atoms with Crippen molar-refractivity contribution in [2.45, 2.75) is 52.7 Å². The molecular weight excluding hydrogens is 514 g/mol. The van der Waals surface area contributed by atoms with E-state index in [0.717, 1.165) is 6.42 Å². The standard InChI is InChI=1S/C9H14O6.C7H14O3.C4H11NO2.C3H8O3/c1-6(10)13-4-9(15-8(3)12)5-14-7(2)11;1-7(9)3-2-5-10-6-4-8;5-1-3-7-4-2-6;4-1-3(6)2-5/h9H,4-5H2,1-3H3;8H,2-6H2,1H3;6H,1-5H2;3-6H,1-2H2. The van der Waals surface area contributed by atoms with Crippen LogP contribution in [0.4, 0.5) is 0 Å². The Labute approximate surface area is 223 Å². The van der Waals surface area contributed by atoms with Crippen molar-refractivity contribution in [1.82, 2.24) is 0 Å². The van der Waals surface area contributed by atoms with Gasteiger partial charge in [-0.15, -0.1) is 0 Å². The Morgan fingerprint density at radius 3 is 1.45 bits per heavy atom. The summed E-state index contributed by atoms with van der Waals surface area (Å²) >= 11 is 0. The minimum atomic E-state index is -0.954. The van der Waals surface area contributed by atoms with Crippen molar-refractivity contribution in [2.75, 3.05) is 72.6 Å². The smallest absolute Gasteiger partial charge is 0.303 e. The molecule has 0 fully saturated rings. The highest BCUT2D eigenvalue weighted by atomic mass is 16.6. The maximum Gasteiger partial charge on any atom is 0.303 e. The molecule has 0 bridgehead atoms. The molecule has 15 nitrogen and oxygen atoms in total. The first-order chi connectivity index (χ1) is 17.9. The molecule has 0 atom stereocenters. The zero-order chi connectivity index (χ0) is 30.2. The number of nitrogens with two attached hydrogens (primary N) is 1. The van der Waals surface area contributed by atoms with Gasteiger partial charge >= 0.3 is 17.9 Å². The average Bonchev–Trinajstić information content (AvgIpc) is 2.86. The predicted molar refractivity (Wildman–Crippen MR) is 134 cm³/mol. The summed E-state index contributed by atoms with van der Waals surface area (Å²) in [6.45, 7) is 6.82. The molecule has 0 spiro atoms. The quantitative estimate of drug-likeness (QED) is 0.0621. The minimum Gasteiger partial charge on any atom is -0.462 e. The van der Waals surface area contributed by atoms with Gasteiger partial charge in [0.2, 0.25) is 0 Å². The van der Waals surface area contributed by atoms with Gasteiger partial charge in [-0.3, -0.25) is 14.4 Å². The lowest BCUT2D eigenvalue weighted by Gasteiger charge is -2.15. The van der Waals surface area contributed by atoms with Crippen LogP contribution in [0.5, 0.6) is 0 Å². The monoisotopic (exact) mass is 561 g/mol. The largest absolute Gasteiger partial charge is 0.462 e. The van der Waals surface area contributed by atoms with E-state index in [4.69, 9.17) is 45.5 Å². The highest BCUT2D eigenvalue weighted by Gasteiger charge is 2.15. The third-order valence-electron chi connectivity index (χ3n) is 3.25. The number of aliphatic hydroxyl groups is 5. The molecule has 0 aliphatic carbocycles. The van der Waals surface area contributed by atoms with Gasteiger partial charge in [0.25, 0.3) is 0 Å². The highest BCUT2D eigenvalue weighted by molar-refractivity contribution is 5.75. The van der Waals surface area contributed by atoms with Crippen LogP contribution in [-0.2, 0) is 42.9 Å². The van der Waals surface area contributed by atoms with Crippen molar-refractivity contribution < 1.29 is 68.4 Å². The van der Waals surface area contributed by atoms with Crippen molar-refractivity contribution in [2.24, 2.45) is 5.73 Å². The molecule has 0 rings (SSSR count). The number of carbonyl (C=O) groups excluding carboxylic acids is 4. The van der Waals surface area contributed by atoms with Crippen LogP contribution >= 0.6 is 0 Å². The SMILES string of the molecule is CC(=O)CCCOCCO.CC(=O)OCC(COC(C)=O)OC(C)=O.NCCOCCO.OCC(O)CO. The molecule has 0 radical (unpaired) electrons. The van der Waals surface area contributed by atoms with Crippen molar-refractivity contribution in [3.8, 4) is 0 Å². The van der Waals surface area contributed by atoms with E-state index in [0.29, 0.717) is 39.4 Å². The molecule has 0 aromatic heterocycles. The maximum absolute atomic E-state index is 10.6. The number of ether oxygens (including phenoxy) is 5. The van der Waals surface area contributed by atoms with Gasteiger partial charge in [-0.05, 0) is 13.3 Å². The Bertz CT molecular complexity index is 536. The molecule has 0 aliphatic rings. The van der Waals surface area contributed by atoms with Crippen LogP contribution in [0.1, 0.15) is 40.5 Å². The summed E-state index contributed by atoms with van der Waals surface area (Å²) in [5, 5.41) is 40.4. The van der Waals surface area contributed by atoms with Gasteiger partial charge in [-0.1, -0.05) is 0 Å². The Morgan fingerprint density at radius 1 is 0.711 bits per heavy atom. The van der Waals surface area contributed by atoms with E-state index in [9.17, 15) is 19.2 Å². The summed E-state index contributed by atoms with van der Waals surface area (Å²) in [6, 6.07) is 0. The van der Waals surface area contributed by atoms with Crippen molar-refractivity contribution >= 4 is 23.7 Å². The first-order valence-corrected chi connectivity index (χ1v) is 11.8. The number of hydrogen-bond donors (Lipinski definition) is 6. The third kappa shape index (κ3) is 50.6. The van der Waals surface area contributed by atoms with Gasteiger partial charge in [0.15, 0.2) is 6.10 Å².